The third-order valence-corrected chi connectivity index (χ3v) is 8.54. The Bertz CT molecular complexity index is 1580. The molecule has 0 saturated carbocycles. The van der Waals surface area contributed by atoms with Crippen LogP contribution in [-0.4, -0.2) is 10.2 Å². The average Bonchev–Trinajstić information content (AvgIpc) is 2.88. The van der Waals surface area contributed by atoms with Gasteiger partial charge in [0, 0.05) is 11.6 Å². The van der Waals surface area contributed by atoms with Gasteiger partial charge in [-0.25, -0.2) is 0 Å². The molecule has 7 heteroatoms. The molecule has 0 radical (unpaired) electrons. The van der Waals surface area contributed by atoms with Crippen molar-refractivity contribution < 1.29 is 28.3 Å². The van der Waals surface area contributed by atoms with Crippen molar-refractivity contribution >= 4 is 7.82 Å². The van der Waals surface area contributed by atoms with E-state index in [1.807, 2.05) is 77.9 Å². The van der Waals surface area contributed by atoms with Gasteiger partial charge in [-0.1, -0.05) is 95.1 Å². The molecule has 0 heterocycles. The summed E-state index contributed by atoms with van der Waals surface area (Å²) in [5, 5.41) is 17.3. The Morgan fingerprint density at radius 1 is 0.556 bits per heavy atom. The molecule has 4 aromatic rings. The molecule has 4 rings (SSSR count). The second kappa shape index (κ2) is 13.6. The molecule has 2 N–H and O–H groups in total. The van der Waals surface area contributed by atoms with Gasteiger partial charge in [0.1, 0.15) is 28.7 Å². The number of benzene rings is 4. The van der Waals surface area contributed by atoms with Crippen LogP contribution in [0, 0.1) is 41.5 Å². The first kappa shape index (κ1) is 35.6. The van der Waals surface area contributed by atoms with E-state index in [0.29, 0.717) is 17.2 Å². The van der Waals surface area contributed by atoms with E-state index in [4.69, 9.17) is 23.8 Å². The fraction of sp³-hybridized carbons (Fsp3) is 0.368. The average molecular weight is 633 g/mol. The number of phosphoric ester groups is 1. The van der Waals surface area contributed by atoms with E-state index in [1.165, 1.54) is 23.8 Å². The van der Waals surface area contributed by atoms with Crippen LogP contribution in [0.25, 0.3) is 0 Å². The van der Waals surface area contributed by atoms with Crippen molar-refractivity contribution in [1.82, 2.24) is 0 Å². The number of hydrogen-bond acceptors (Lipinski definition) is 6. The summed E-state index contributed by atoms with van der Waals surface area (Å²) < 4.78 is 33.4. The minimum Gasteiger partial charge on any atom is -0.508 e. The minimum atomic E-state index is -4.18. The quantitative estimate of drug-likeness (QED) is 0.206. The summed E-state index contributed by atoms with van der Waals surface area (Å²) in [5.74, 6) is 1.70. The summed E-state index contributed by atoms with van der Waals surface area (Å²) in [6, 6.07) is 19.9. The maximum atomic E-state index is 14.6. The van der Waals surface area contributed by atoms with Crippen LogP contribution in [0.4, 0.5) is 0 Å². The van der Waals surface area contributed by atoms with Crippen LogP contribution >= 0.6 is 7.82 Å². The van der Waals surface area contributed by atoms with Crippen molar-refractivity contribution in [2.24, 2.45) is 0 Å². The standard InChI is InChI=1S/C32H43O4P.C6H6O2/c1-20-15-22(3)29(23(4)16-20)35-37(33,36-30-24(5)17-21(2)18-25(30)6)34-28-14-13-26(31(7,8)9)19-27(28)32(10,11)12;7-5-2-1-3-6(8)4-5/h13-19H,1-12H3;1-4,7-8H. The Hall–Kier alpha value is -3.89. The van der Waals surface area contributed by atoms with Crippen LogP contribution in [0.3, 0.4) is 0 Å². The number of phenolic OH excluding ortho intramolecular Hbond substituents is 2. The van der Waals surface area contributed by atoms with E-state index in [-0.39, 0.29) is 22.3 Å². The second-order valence-electron chi connectivity index (χ2n) is 13.9. The molecule has 0 aliphatic carbocycles. The Morgan fingerprint density at radius 3 is 1.31 bits per heavy atom. The van der Waals surface area contributed by atoms with Crippen molar-refractivity contribution in [3.8, 4) is 28.7 Å². The van der Waals surface area contributed by atoms with Gasteiger partial charge in [-0.15, -0.1) is 0 Å². The number of rotatable bonds is 6. The molecule has 0 atom stereocenters. The second-order valence-corrected chi connectivity index (χ2v) is 15.3. The highest BCUT2D eigenvalue weighted by molar-refractivity contribution is 7.49. The number of phenols is 2. The van der Waals surface area contributed by atoms with Crippen LogP contribution in [-0.2, 0) is 15.4 Å². The molecule has 0 amide bonds. The van der Waals surface area contributed by atoms with Gasteiger partial charge < -0.3 is 23.8 Å². The molecule has 6 nitrogen and oxygen atoms in total. The molecule has 0 bridgehead atoms. The molecule has 0 fully saturated rings. The normalized spacial score (nSPS) is 11.8. The maximum Gasteiger partial charge on any atom is 0.647 e. The van der Waals surface area contributed by atoms with Gasteiger partial charge in [0.05, 0.1) is 0 Å². The fourth-order valence-electron chi connectivity index (χ4n) is 5.18. The maximum absolute atomic E-state index is 14.6. The highest BCUT2D eigenvalue weighted by Crippen LogP contribution is 2.54. The van der Waals surface area contributed by atoms with Crippen molar-refractivity contribution in [1.29, 1.82) is 0 Å². The van der Waals surface area contributed by atoms with Gasteiger partial charge >= 0.3 is 7.82 Å². The molecule has 0 unspecified atom stereocenters. The van der Waals surface area contributed by atoms with Crippen molar-refractivity contribution in [2.45, 2.75) is 93.9 Å². The molecular weight excluding hydrogens is 583 g/mol. The van der Waals surface area contributed by atoms with E-state index in [0.717, 1.165) is 38.9 Å². The minimum absolute atomic E-state index is 0.0402. The zero-order chi connectivity index (χ0) is 33.9. The van der Waals surface area contributed by atoms with E-state index < -0.39 is 7.82 Å². The lowest BCUT2D eigenvalue weighted by Gasteiger charge is -2.29. The largest absolute Gasteiger partial charge is 0.647 e. The molecule has 45 heavy (non-hydrogen) atoms. The lowest BCUT2D eigenvalue weighted by molar-refractivity contribution is 0.293. The number of hydrogen-bond donors (Lipinski definition) is 2. The predicted molar refractivity (Wildman–Crippen MR) is 184 cm³/mol. The van der Waals surface area contributed by atoms with E-state index in [2.05, 4.69) is 47.6 Å². The lowest BCUT2D eigenvalue weighted by atomic mass is 9.80. The predicted octanol–water partition coefficient (Wildman–Crippen LogP) is 10.9. The van der Waals surface area contributed by atoms with Gasteiger partial charge in [-0.2, -0.15) is 4.57 Å². The Labute approximate surface area is 269 Å². The van der Waals surface area contributed by atoms with Gasteiger partial charge in [0.2, 0.25) is 0 Å². The monoisotopic (exact) mass is 632 g/mol. The first-order valence-corrected chi connectivity index (χ1v) is 16.6. The van der Waals surface area contributed by atoms with Crippen LogP contribution in [0.5, 0.6) is 28.7 Å². The molecule has 0 aliphatic rings. The molecule has 0 aromatic heterocycles. The number of aromatic hydroxyl groups is 2. The Kier molecular flexibility index (Phi) is 10.8. The molecule has 4 aromatic carbocycles. The highest BCUT2D eigenvalue weighted by Gasteiger charge is 2.37. The van der Waals surface area contributed by atoms with Gasteiger partial charge in [-0.3, -0.25) is 0 Å². The van der Waals surface area contributed by atoms with Crippen LogP contribution in [0.1, 0.15) is 86.1 Å². The summed E-state index contributed by atoms with van der Waals surface area (Å²) in [6.07, 6.45) is 0. The van der Waals surface area contributed by atoms with Crippen LogP contribution in [0.2, 0.25) is 0 Å². The molecule has 0 spiro atoms. The van der Waals surface area contributed by atoms with Crippen molar-refractivity contribution in [2.75, 3.05) is 0 Å². The topological polar surface area (TPSA) is 85.2 Å². The third kappa shape index (κ3) is 9.55. The Balaban J connectivity index is 0.000000598. The lowest BCUT2D eigenvalue weighted by Crippen LogP contribution is -2.18. The Morgan fingerprint density at radius 2 is 0.978 bits per heavy atom. The van der Waals surface area contributed by atoms with Crippen molar-refractivity contribution in [3.63, 3.8) is 0 Å². The first-order valence-electron chi connectivity index (χ1n) is 15.2. The van der Waals surface area contributed by atoms with Crippen molar-refractivity contribution in [3.05, 3.63) is 111 Å². The zero-order valence-corrected chi connectivity index (χ0v) is 29.7. The fourth-order valence-corrected chi connectivity index (χ4v) is 6.71. The van der Waals surface area contributed by atoms with E-state index >= 15 is 0 Å². The summed E-state index contributed by atoms with van der Waals surface area (Å²) in [4.78, 5) is 0. The van der Waals surface area contributed by atoms with Crippen LogP contribution < -0.4 is 13.6 Å². The van der Waals surface area contributed by atoms with Gasteiger partial charge in [-0.05, 0) is 98.4 Å². The molecular formula is C38H49O6P. The smallest absolute Gasteiger partial charge is 0.508 e. The van der Waals surface area contributed by atoms with Gasteiger partial charge in [0.25, 0.3) is 0 Å². The summed E-state index contributed by atoms with van der Waals surface area (Å²) in [7, 11) is -4.18. The first-order chi connectivity index (χ1) is 20.7. The number of aryl methyl sites for hydroxylation is 6. The molecule has 242 valence electrons. The summed E-state index contributed by atoms with van der Waals surface area (Å²) in [6.45, 7) is 24.7. The third-order valence-electron chi connectivity index (χ3n) is 7.31. The summed E-state index contributed by atoms with van der Waals surface area (Å²) in [5.41, 5.74) is 7.55. The number of phosphoric acid groups is 1. The summed E-state index contributed by atoms with van der Waals surface area (Å²) >= 11 is 0. The molecule has 0 aliphatic heterocycles. The van der Waals surface area contributed by atoms with Gasteiger partial charge in [0.15, 0.2) is 0 Å². The van der Waals surface area contributed by atoms with Crippen LogP contribution in [0.15, 0.2) is 66.7 Å². The SMILES string of the molecule is Cc1cc(C)c(OP(=O)(Oc2ccc(C(C)(C)C)cc2C(C)(C)C)Oc2c(C)cc(C)cc2C)c(C)c1.Oc1cccc(O)c1. The zero-order valence-electron chi connectivity index (χ0n) is 28.8. The molecule has 0 saturated heterocycles. The van der Waals surface area contributed by atoms with E-state index in [9.17, 15) is 4.57 Å². The van der Waals surface area contributed by atoms with E-state index in [1.54, 1.807) is 6.07 Å². The highest BCUT2D eigenvalue weighted by atomic mass is 31.2.